The SMILES string of the molecule is CCOC(=O)C1=C(C)NC(C)=C(C(=O)OCC(C)(C)COC/C(C)=C/c2ccc(Cc3cccnc3)cc2)C1c1cccc(Cl)c1Cl. The van der Waals surface area contributed by atoms with E-state index >= 15 is 0 Å². The molecule has 0 saturated heterocycles. The highest BCUT2D eigenvalue weighted by atomic mass is 35.5. The Balaban J connectivity index is 1.39. The zero-order chi connectivity index (χ0) is 34.1. The van der Waals surface area contributed by atoms with Crippen LogP contribution in [0.3, 0.4) is 0 Å². The number of nitrogens with zero attached hydrogens (tertiary/aromatic N) is 1. The van der Waals surface area contributed by atoms with Crippen molar-refractivity contribution in [2.24, 2.45) is 5.41 Å². The molecule has 1 N–H and O–H groups in total. The number of ether oxygens (including phenoxy) is 3. The van der Waals surface area contributed by atoms with Crippen LogP contribution >= 0.6 is 23.2 Å². The van der Waals surface area contributed by atoms with Gasteiger partial charge in [0.25, 0.3) is 0 Å². The van der Waals surface area contributed by atoms with Gasteiger partial charge in [-0.15, -0.1) is 0 Å². The summed E-state index contributed by atoms with van der Waals surface area (Å²) in [6.07, 6.45) is 6.60. The average molecular weight is 678 g/mol. The Morgan fingerprint density at radius 2 is 1.60 bits per heavy atom. The van der Waals surface area contributed by atoms with Crippen molar-refractivity contribution in [1.29, 1.82) is 0 Å². The highest BCUT2D eigenvalue weighted by molar-refractivity contribution is 6.42. The first-order chi connectivity index (χ1) is 22.4. The van der Waals surface area contributed by atoms with Crippen LogP contribution in [0, 0.1) is 5.41 Å². The van der Waals surface area contributed by atoms with Crippen molar-refractivity contribution >= 4 is 41.2 Å². The van der Waals surface area contributed by atoms with Crippen LogP contribution in [0.25, 0.3) is 6.08 Å². The molecule has 1 atom stereocenters. The van der Waals surface area contributed by atoms with Crippen LogP contribution in [-0.4, -0.2) is 43.4 Å². The molecule has 0 radical (unpaired) electrons. The third-order valence-electron chi connectivity index (χ3n) is 7.71. The van der Waals surface area contributed by atoms with Gasteiger partial charge in [-0.2, -0.15) is 0 Å². The van der Waals surface area contributed by atoms with Crippen molar-refractivity contribution in [2.75, 3.05) is 26.4 Å². The minimum Gasteiger partial charge on any atom is -0.463 e. The molecule has 9 heteroatoms. The van der Waals surface area contributed by atoms with Gasteiger partial charge in [0, 0.05) is 29.2 Å². The summed E-state index contributed by atoms with van der Waals surface area (Å²) in [5.74, 6) is -1.94. The third-order valence-corrected chi connectivity index (χ3v) is 8.54. The van der Waals surface area contributed by atoms with Gasteiger partial charge < -0.3 is 19.5 Å². The zero-order valence-electron chi connectivity index (χ0n) is 27.8. The summed E-state index contributed by atoms with van der Waals surface area (Å²) >= 11 is 13.0. The number of carbonyl (C=O) groups is 2. The molecule has 248 valence electrons. The second-order valence-electron chi connectivity index (χ2n) is 12.5. The van der Waals surface area contributed by atoms with E-state index in [1.54, 1.807) is 45.2 Å². The number of allylic oxidation sites excluding steroid dienone is 2. The molecule has 1 aromatic heterocycles. The van der Waals surface area contributed by atoms with Gasteiger partial charge in [-0.3, -0.25) is 4.98 Å². The number of nitrogens with one attached hydrogen (secondary N) is 1. The number of hydrogen-bond acceptors (Lipinski definition) is 7. The number of benzene rings is 2. The molecule has 1 aliphatic rings. The summed E-state index contributed by atoms with van der Waals surface area (Å²) in [5, 5.41) is 3.73. The Hall–Kier alpha value is -3.91. The van der Waals surface area contributed by atoms with Crippen LogP contribution in [-0.2, 0) is 30.2 Å². The Bertz CT molecular complexity index is 1680. The lowest BCUT2D eigenvalue weighted by Crippen LogP contribution is -2.34. The number of aromatic nitrogens is 1. The van der Waals surface area contributed by atoms with Gasteiger partial charge in [0.1, 0.15) is 0 Å². The molecular formula is C38H42Cl2N2O5. The lowest BCUT2D eigenvalue weighted by atomic mass is 9.80. The van der Waals surface area contributed by atoms with Crippen molar-refractivity contribution < 1.29 is 23.8 Å². The molecule has 2 heterocycles. The normalized spacial score (nSPS) is 15.4. The molecule has 0 spiro atoms. The molecule has 4 rings (SSSR count). The maximum absolute atomic E-state index is 13.8. The second-order valence-corrected chi connectivity index (χ2v) is 13.3. The zero-order valence-corrected chi connectivity index (χ0v) is 29.3. The minimum absolute atomic E-state index is 0.0945. The van der Waals surface area contributed by atoms with E-state index in [0.717, 1.165) is 17.6 Å². The van der Waals surface area contributed by atoms with Crippen molar-refractivity contribution in [1.82, 2.24) is 10.3 Å². The summed E-state index contributed by atoms with van der Waals surface area (Å²) in [7, 11) is 0. The quantitative estimate of drug-likeness (QED) is 0.182. The summed E-state index contributed by atoms with van der Waals surface area (Å²) in [6.45, 7) is 12.3. The van der Waals surface area contributed by atoms with E-state index in [4.69, 9.17) is 37.4 Å². The van der Waals surface area contributed by atoms with Crippen molar-refractivity contribution in [3.63, 3.8) is 0 Å². The number of dihydropyridines is 1. The van der Waals surface area contributed by atoms with Gasteiger partial charge in [0.15, 0.2) is 0 Å². The van der Waals surface area contributed by atoms with Crippen LogP contribution in [0.2, 0.25) is 10.0 Å². The standard InChI is InChI=1S/C38H42Cl2N2O5/c1-7-46-36(43)32-25(3)42-26(4)33(34(32)30-11-8-12-31(39)35(30)40)37(44)47-23-38(5,6)22-45-21-24(2)18-27-13-15-28(16-14-27)19-29-10-9-17-41-20-29/h8-18,20,34,42H,7,19,21-23H2,1-6H3/b24-18+. The summed E-state index contributed by atoms with van der Waals surface area (Å²) in [4.78, 5) is 31.1. The fraction of sp³-hybridized carbons (Fsp3) is 0.342. The number of pyridine rings is 1. The molecule has 0 bridgehead atoms. The van der Waals surface area contributed by atoms with E-state index in [2.05, 4.69) is 46.7 Å². The molecule has 0 saturated carbocycles. The van der Waals surface area contributed by atoms with E-state index in [0.29, 0.717) is 35.2 Å². The van der Waals surface area contributed by atoms with E-state index in [9.17, 15) is 9.59 Å². The van der Waals surface area contributed by atoms with Crippen LogP contribution in [0.5, 0.6) is 0 Å². The number of esters is 2. The number of halogens is 2. The van der Waals surface area contributed by atoms with Crippen LogP contribution in [0.1, 0.15) is 69.7 Å². The van der Waals surface area contributed by atoms with Gasteiger partial charge in [0.05, 0.1) is 53.5 Å². The Morgan fingerprint density at radius 3 is 2.23 bits per heavy atom. The number of hydrogen-bond donors (Lipinski definition) is 1. The van der Waals surface area contributed by atoms with Crippen LogP contribution < -0.4 is 5.32 Å². The topological polar surface area (TPSA) is 86.8 Å². The molecule has 2 aromatic carbocycles. The highest BCUT2D eigenvalue weighted by Crippen LogP contribution is 2.43. The van der Waals surface area contributed by atoms with E-state index in [1.165, 1.54) is 11.1 Å². The average Bonchev–Trinajstić information content (AvgIpc) is 3.02. The van der Waals surface area contributed by atoms with E-state index in [-0.39, 0.29) is 29.4 Å². The molecular weight excluding hydrogens is 635 g/mol. The van der Waals surface area contributed by atoms with Gasteiger partial charge in [0.2, 0.25) is 0 Å². The fourth-order valence-corrected chi connectivity index (χ4v) is 5.88. The molecule has 47 heavy (non-hydrogen) atoms. The van der Waals surface area contributed by atoms with Crippen LogP contribution in [0.4, 0.5) is 0 Å². The summed E-state index contributed by atoms with van der Waals surface area (Å²) in [6, 6.07) is 17.6. The first kappa shape index (κ1) is 35.9. The number of rotatable bonds is 13. The molecule has 1 aliphatic heterocycles. The molecule has 0 amide bonds. The van der Waals surface area contributed by atoms with Gasteiger partial charge >= 0.3 is 11.9 Å². The molecule has 7 nitrogen and oxygen atoms in total. The molecule has 3 aromatic rings. The van der Waals surface area contributed by atoms with Gasteiger partial charge in [-0.25, -0.2) is 9.59 Å². The van der Waals surface area contributed by atoms with Gasteiger partial charge in [-0.05, 0) is 74.1 Å². The van der Waals surface area contributed by atoms with Crippen molar-refractivity contribution in [2.45, 2.75) is 53.9 Å². The first-order valence-corrected chi connectivity index (χ1v) is 16.3. The maximum atomic E-state index is 13.8. The van der Waals surface area contributed by atoms with Gasteiger partial charge in [-0.1, -0.05) is 85.6 Å². The number of carbonyl (C=O) groups excluding carboxylic acids is 2. The fourth-order valence-electron chi connectivity index (χ4n) is 5.46. The Morgan fingerprint density at radius 1 is 0.915 bits per heavy atom. The molecule has 0 aliphatic carbocycles. The highest BCUT2D eigenvalue weighted by Gasteiger charge is 2.39. The Kier molecular flexibility index (Phi) is 12.4. The lowest BCUT2D eigenvalue weighted by molar-refractivity contribution is -0.143. The predicted octanol–water partition coefficient (Wildman–Crippen LogP) is 8.47. The van der Waals surface area contributed by atoms with E-state index in [1.807, 2.05) is 33.0 Å². The third kappa shape index (κ3) is 9.57. The van der Waals surface area contributed by atoms with Crippen molar-refractivity contribution in [3.8, 4) is 0 Å². The predicted molar refractivity (Wildman–Crippen MR) is 187 cm³/mol. The smallest absolute Gasteiger partial charge is 0.336 e. The van der Waals surface area contributed by atoms with E-state index < -0.39 is 23.3 Å². The second kappa shape index (κ2) is 16.3. The first-order valence-electron chi connectivity index (χ1n) is 15.6. The Labute approximate surface area is 287 Å². The summed E-state index contributed by atoms with van der Waals surface area (Å²) in [5.41, 5.74) is 6.27. The molecule has 1 unspecified atom stereocenters. The molecule has 0 fully saturated rings. The lowest BCUT2D eigenvalue weighted by Gasteiger charge is -2.32. The minimum atomic E-state index is -0.828. The van der Waals surface area contributed by atoms with Crippen LogP contribution in [0.15, 0.2) is 95.1 Å². The monoisotopic (exact) mass is 676 g/mol. The summed E-state index contributed by atoms with van der Waals surface area (Å²) < 4.78 is 17.3. The maximum Gasteiger partial charge on any atom is 0.336 e. The van der Waals surface area contributed by atoms with Crippen molar-refractivity contribution in [3.05, 3.63) is 127 Å². The largest absolute Gasteiger partial charge is 0.463 e.